The SMILES string of the molecule is CCCC(C)CC(=O)CC1CCCC1. The Bertz CT molecular complexity index is 168. The highest BCUT2D eigenvalue weighted by atomic mass is 16.1. The summed E-state index contributed by atoms with van der Waals surface area (Å²) in [6.45, 7) is 4.40. The van der Waals surface area contributed by atoms with Crippen LogP contribution in [0.4, 0.5) is 0 Å². The lowest BCUT2D eigenvalue weighted by atomic mass is 9.93. The molecule has 0 saturated heterocycles. The van der Waals surface area contributed by atoms with E-state index in [1.807, 2.05) is 0 Å². The van der Waals surface area contributed by atoms with Gasteiger partial charge in [-0.05, 0) is 11.8 Å². The van der Waals surface area contributed by atoms with Crippen molar-refractivity contribution in [2.24, 2.45) is 11.8 Å². The first-order valence-electron chi connectivity index (χ1n) is 6.24. The van der Waals surface area contributed by atoms with Crippen LogP contribution < -0.4 is 0 Å². The predicted octanol–water partition coefficient (Wildman–Crippen LogP) is 3.96. The van der Waals surface area contributed by atoms with Crippen molar-refractivity contribution in [3.63, 3.8) is 0 Å². The van der Waals surface area contributed by atoms with Crippen molar-refractivity contribution in [3.05, 3.63) is 0 Å². The van der Waals surface area contributed by atoms with Crippen LogP contribution in [0.2, 0.25) is 0 Å². The van der Waals surface area contributed by atoms with Crippen LogP contribution in [-0.4, -0.2) is 5.78 Å². The van der Waals surface area contributed by atoms with E-state index in [2.05, 4.69) is 13.8 Å². The maximum Gasteiger partial charge on any atom is 0.133 e. The van der Waals surface area contributed by atoms with E-state index < -0.39 is 0 Å². The molecule has 82 valence electrons. The minimum Gasteiger partial charge on any atom is -0.300 e. The van der Waals surface area contributed by atoms with E-state index in [0.29, 0.717) is 11.7 Å². The molecule has 1 nitrogen and oxygen atoms in total. The summed E-state index contributed by atoms with van der Waals surface area (Å²) in [5, 5.41) is 0. The van der Waals surface area contributed by atoms with E-state index >= 15 is 0 Å². The summed E-state index contributed by atoms with van der Waals surface area (Å²) in [5.74, 6) is 1.85. The van der Waals surface area contributed by atoms with Crippen LogP contribution in [-0.2, 0) is 4.79 Å². The second-order valence-electron chi connectivity index (χ2n) is 4.99. The predicted molar refractivity (Wildman–Crippen MR) is 60.3 cm³/mol. The number of carbonyl (C=O) groups excluding carboxylic acids is 1. The summed E-state index contributed by atoms with van der Waals surface area (Å²) in [7, 11) is 0. The monoisotopic (exact) mass is 196 g/mol. The molecular formula is C13H24O. The number of Topliss-reactive ketones (excluding diaryl/α,β-unsaturated/α-hetero) is 1. The van der Waals surface area contributed by atoms with Crippen molar-refractivity contribution in [2.45, 2.75) is 65.2 Å². The molecular weight excluding hydrogens is 172 g/mol. The van der Waals surface area contributed by atoms with Crippen molar-refractivity contribution in [1.82, 2.24) is 0 Å². The van der Waals surface area contributed by atoms with Gasteiger partial charge in [-0.2, -0.15) is 0 Å². The van der Waals surface area contributed by atoms with Crippen LogP contribution in [0.25, 0.3) is 0 Å². The van der Waals surface area contributed by atoms with Crippen LogP contribution in [0.15, 0.2) is 0 Å². The summed E-state index contributed by atoms with van der Waals surface area (Å²) in [6, 6.07) is 0. The molecule has 1 saturated carbocycles. The van der Waals surface area contributed by atoms with Crippen LogP contribution in [0.3, 0.4) is 0 Å². The molecule has 1 unspecified atom stereocenters. The zero-order chi connectivity index (χ0) is 10.4. The lowest BCUT2D eigenvalue weighted by Crippen LogP contribution is -2.09. The zero-order valence-corrected chi connectivity index (χ0v) is 9.72. The fourth-order valence-corrected chi connectivity index (χ4v) is 2.60. The molecule has 0 aliphatic heterocycles. The molecule has 1 aliphatic rings. The Morgan fingerprint density at radius 1 is 1.36 bits per heavy atom. The normalized spacial score (nSPS) is 19.9. The molecule has 0 aromatic heterocycles. The van der Waals surface area contributed by atoms with Crippen molar-refractivity contribution < 1.29 is 4.79 Å². The van der Waals surface area contributed by atoms with Crippen LogP contribution in [0, 0.1) is 11.8 Å². The van der Waals surface area contributed by atoms with E-state index in [4.69, 9.17) is 0 Å². The lowest BCUT2D eigenvalue weighted by molar-refractivity contribution is -0.120. The van der Waals surface area contributed by atoms with Gasteiger partial charge >= 0.3 is 0 Å². The number of hydrogen-bond donors (Lipinski definition) is 0. The summed E-state index contributed by atoms with van der Waals surface area (Å²) < 4.78 is 0. The molecule has 0 amide bonds. The Kier molecular flexibility index (Phi) is 5.21. The topological polar surface area (TPSA) is 17.1 Å². The molecule has 1 atom stereocenters. The quantitative estimate of drug-likeness (QED) is 0.628. The van der Waals surface area contributed by atoms with Gasteiger partial charge in [0, 0.05) is 12.8 Å². The molecule has 0 spiro atoms. The van der Waals surface area contributed by atoms with Crippen molar-refractivity contribution in [1.29, 1.82) is 0 Å². The van der Waals surface area contributed by atoms with Crippen LogP contribution in [0.5, 0.6) is 0 Å². The van der Waals surface area contributed by atoms with Gasteiger partial charge in [0.25, 0.3) is 0 Å². The lowest BCUT2D eigenvalue weighted by Gasteiger charge is -2.11. The summed E-state index contributed by atoms with van der Waals surface area (Å²) >= 11 is 0. The van der Waals surface area contributed by atoms with Gasteiger partial charge < -0.3 is 0 Å². The number of ketones is 1. The van der Waals surface area contributed by atoms with Crippen molar-refractivity contribution >= 4 is 5.78 Å². The first-order chi connectivity index (χ1) is 6.72. The third-order valence-corrected chi connectivity index (χ3v) is 3.35. The molecule has 0 aromatic rings. The average molecular weight is 196 g/mol. The molecule has 14 heavy (non-hydrogen) atoms. The molecule has 1 aliphatic carbocycles. The van der Waals surface area contributed by atoms with E-state index in [1.165, 1.54) is 38.5 Å². The maximum absolute atomic E-state index is 11.7. The summed E-state index contributed by atoms with van der Waals surface area (Å²) in [5.41, 5.74) is 0. The standard InChI is InChI=1S/C13H24O/c1-3-6-11(2)9-13(14)10-12-7-4-5-8-12/h11-12H,3-10H2,1-2H3. The largest absolute Gasteiger partial charge is 0.300 e. The molecule has 1 heteroatoms. The summed E-state index contributed by atoms with van der Waals surface area (Å²) in [4.78, 5) is 11.7. The highest BCUT2D eigenvalue weighted by Gasteiger charge is 2.19. The number of carbonyl (C=O) groups is 1. The van der Waals surface area contributed by atoms with E-state index in [1.54, 1.807) is 0 Å². The van der Waals surface area contributed by atoms with Gasteiger partial charge in [-0.3, -0.25) is 4.79 Å². The van der Waals surface area contributed by atoms with Crippen molar-refractivity contribution in [2.75, 3.05) is 0 Å². The minimum atomic E-state index is 0.512. The van der Waals surface area contributed by atoms with Crippen molar-refractivity contribution in [3.8, 4) is 0 Å². The first-order valence-corrected chi connectivity index (χ1v) is 6.24. The average Bonchev–Trinajstić information content (AvgIpc) is 2.56. The third kappa shape index (κ3) is 4.26. The van der Waals surface area contributed by atoms with Gasteiger partial charge in [-0.1, -0.05) is 52.4 Å². The Morgan fingerprint density at radius 2 is 2.00 bits per heavy atom. The smallest absolute Gasteiger partial charge is 0.133 e. The molecule has 0 heterocycles. The second kappa shape index (κ2) is 6.21. The third-order valence-electron chi connectivity index (χ3n) is 3.35. The van der Waals surface area contributed by atoms with E-state index in [0.717, 1.165) is 18.8 Å². The fraction of sp³-hybridized carbons (Fsp3) is 0.923. The van der Waals surface area contributed by atoms with Gasteiger partial charge in [0.05, 0.1) is 0 Å². The zero-order valence-electron chi connectivity index (χ0n) is 9.72. The highest BCUT2D eigenvalue weighted by molar-refractivity contribution is 5.78. The molecule has 1 rings (SSSR count). The molecule has 0 bridgehead atoms. The van der Waals surface area contributed by atoms with Gasteiger partial charge in [0.2, 0.25) is 0 Å². The van der Waals surface area contributed by atoms with E-state index in [9.17, 15) is 4.79 Å². The number of hydrogen-bond acceptors (Lipinski definition) is 1. The summed E-state index contributed by atoms with van der Waals surface area (Å²) in [6.07, 6.45) is 9.40. The first kappa shape index (κ1) is 11.7. The minimum absolute atomic E-state index is 0.512. The Hall–Kier alpha value is -0.330. The Morgan fingerprint density at radius 3 is 2.57 bits per heavy atom. The fourth-order valence-electron chi connectivity index (χ4n) is 2.60. The Balaban J connectivity index is 2.14. The van der Waals surface area contributed by atoms with E-state index in [-0.39, 0.29) is 0 Å². The molecule has 0 N–H and O–H groups in total. The Labute approximate surface area is 88.3 Å². The van der Waals surface area contributed by atoms with Crippen LogP contribution in [0.1, 0.15) is 65.2 Å². The second-order valence-corrected chi connectivity index (χ2v) is 4.99. The molecule has 0 radical (unpaired) electrons. The van der Waals surface area contributed by atoms with Gasteiger partial charge in [-0.25, -0.2) is 0 Å². The molecule has 1 fully saturated rings. The van der Waals surface area contributed by atoms with Gasteiger partial charge in [-0.15, -0.1) is 0 Å². The van der Waals surface area contributed by atoms with Gasteiger partial charge in [0.15, 0.2) is 0 Å². The number of rotatable bonds is 6. The highest BCUT2D eigenvalue weighted by Crippen LogP contribution is 2.28. The molecule has 0 aromatic carbocycles. The maximum atomic E-state index is 11.7. The van der Waals surface area contributed by atoms with Crippen LogP contribution >= 0.6 is 0 Å². The van der Waals surface area contributed by atoms with Gasteiger partial charge in [0.1, 0.15) is 5.78 Å².